The molecule has 1 aromatic heterocycles. The van der Waals surface area contributed by atoms with Crippen LogP contribution in [0.5, 0.6) is 0 Å². The molecular formula is C10H11N5O2. The van der Waals surface area contributed by atoms with Crippen LogP contribution < -0.4 is 5.73 Å². The fourth-order valence-corrected chi connectivity index (χ4v) is 1.41. The fourth-order valence-electron chi connectivity index (χ4n) is 1.41. The largest absolute Gasteiger partial charge is 0.330 e. The molecular weight excluding hydrogens is 222 g/mol. The van der Waals surface area contributed by atoms with E-state index in [0.717, 1.165) is 11.4 Å². The lowest BCUT2D eigenvalue weighted by atomic mass is 10.3. The summed E-state index contributed by atoms with van der Waals surface area (Å²) in [7, 11) is 0. The number of nitro benzene ring substituents is 1. The fraction of sp³-hybridized carbons (Fsp3) is 0.200. The van der Waals surface area contributed by atoms with Gasteiger partial charge in [0.1, 0.15) is 0 Å². The summed E-state index contributed by atoms with van der Waals surface area (Å²) in [6.45, 7) is 0.513. The minimum absolute atomic E-state index is 0.0519. The zero-order valence-electron chi connectivity index (χ0n) is 8.98. The molecule has 0 aliphatic carbocycles. The Morgan fingerprint density at radius 2 is 2.06 bits per heavy atom. The second kappa shape index (κ2) is 4.71. The number of hydrogen-bond acceptors (Lipinski definition) is 5. The number of non-ortho nitro benzene ring substituents is 1. The number of benzene rings is 1. The van der Waals surface area contributed by atoms with Crippen molar-refractivity contribution in [1.82, 2.24) is 15.0 Å². The molecule has 2 rings (SSSR count). The van der Waals surface area contributed by atoms with Gasteiger partial charge in [0.2, 0.25) is 0 Å². The van der Waals surface area contributed by atoms with Crippen molar-refractivity contribution in [3.63, 3.8) is 0 Å². The van der Waals surface area contributed by atoms with Gasteiger partial charge in [0, 0.05) is 18.6 Å². The molecule has 0 aliphatic rings. The molecule has 0 unspecified atom stereocenters. The average molecular weight is 233 g/mol. The lowest BCUT2D eigenvalue weighted by Crippen LogP contribution is -2.02. The normalized spacial score (nSPS) is 10.4. The lowest BCUT2D eigenvalue weighted by Gasteiger charge is -1.98. The third-order valence-corrected chi connectivity index (χ3v) is 2.27. The third-order valence-electron chi connectivity index (χ3n) is 2.27. The third kappa shape index (κ3) is 2.45. The van der Waals surface area contributed by atoms with Crippen LogP contribution in [0.2, 0.25) is 0 Å². The Morgan fingerprint density at radius 1 is 1.35 bits per heavy atom. The molecule has 0 spiro atoms. The van der Waals surface area contributed by atoms with Crippen LogP contribution in [0.15, 0.2) is 30.5 Å². The topological polar surface area (TPSA) is 99.9 Å². The maximum atomic E-state index is 10.5. The van der Waals surface area contributed by atoms with Gasteiger partial charge in [-0.15, -0.1) is 5.10 Å². The maximum absolute atomic E-state index is 10.5. The zero-order valence-corrected chi connectivity index (χ0v) is 8.98. The summed E-state index contributed by atoms with van der Waals surface area (Å²) in [5.41, 5.74) is 6.99. The van der Waals surface area contributed by atoms with Crippen molar-refractivity contribution in [3.8, 4) is 5.69 Å². The van der Waals surface area contributed by atoms with Gasteiger partial charge in [-0.2, -0.15) is 0 Å². The number of rotatable bonds is 4. The highest BCUT2D eigenvalue weighted by Gasteiger charge is 2.06. The predicted octanol–water partition coefficient (Wildman–Crippen LogP) is 0.677. The molecule has 0 saturated heterocycles. The van der Waals surface area contributed by atoms with E-state index >= 15 is 0 Å². The molecule has 1 heterocycles. The van der Waals surface area contributed by atoms with Gasteiger partial charge >= 0.3 is 0 Å². The molecule has 2 aromatic rings. The van der Waals surface area contributed by atoms with E-state index in [-0.39, 0.29) is 5.69 Å². The van der Waals surface area contributed by atoms with Crippen LogP contribution in [-0.2, 0) is 6.42 Å². The molecule has 0 fully saturated rings. The number of nitrogens with two attached hydrogens (primary N) is 1. The van der Waals surface area contributed by atoms with Gasteiger partial charge in [-0.1, -0.05) is 5.21 Å². The van der Waals surface area contributed by atoms with E-state index < -0.39 is 4.92 Å². The minimum atomic E-state index is -0.440. The molecule has 0 atom stereocenters. The van der Waals surface area contributed by atoms with Crippen LogP contribution in [0.4, 0.5) is 5.69 Å². The van der Waals surface area contributed by atoms with Crippen LogP contribution in [0.25, 0.3) is 5.69 Å². The second-order valence-corrected chi connectivity index (χ2v) is 3.47. The standard InChI is InChI=1S/C10H11N5O2/c11-6-5-8-7-14(13-12-8)9-1-3-10(4-2-9)15(16)17/h1-4,7H,5-6,11H2. The molecule has 7 heteroatoms. The molecule has 0 saturated carbocycles. The van der Waals surface area contributed by atoms with Gasteiger partial charge in [0.15, 0.2) is 0 Å². The van der Waals surface area contributed by atoms with Crippen LogP contribution in [0.1, 0.15) is 5.69 Å². The van der Waals surface area contributed by atoms with Gasteiger partial charge < -0.3 is 5.73 Å². The highest BCUT2D eigenvalue weighted by Crippen LogP contribution is 2.14. The van der Waals surface area contributed by atoms with Crippen LogP contribution in [0, 0.1) is 10.1 Å². The molecule has 17 heavy (non-hydrogen) atoms. The van der Waals surface area contributed by atoms with E-state index in [9.17, 15) is 10.1 Å². The first-order valence-corrected chi connectivity index (χ1v) is 5.07. The first-order valence-electron chi connectivity index (χ1n) is 5.07. The van der Waals surface area contributed by atoms with Crippen molar-refractivity contribution in [3.05, 3.63) is 46.3 Å². The zero-order chi connectivity index (χ0) is 12.3. The Balaban J connectivity index is 2.23. The molecule has 0 bridgehead atoms. The van der Waals surface area contributed by atoms with E-state index in [1.54, 1.807) is 23.0 Å². The Bertz CT molecular complexity index is 520. The van der Waals surface area contributed by atoms with Gasteiger partial charge in [0.05, 0.1) is 22.5 Å². The van der Waals surface area contributed by atoms with Gasteiger partial charge in [-0.3, -0.25) is 10.1 Å². The van der Waals surface area contributed by atoms with Crippen LogP contribution in [-0.4, -0.2) is 26.5 Å². The summed E-state index contributed by atoms with van der Waals surface area (Å²) in [4.78, 5) is 10.1. The predicted molar refractivity (Wildman–Crippen MR) is 60.8 cm³/mol. The van der Waals surface area contributed by atoms with Gasteiger partial charge in [-0.05, 0) is 18.7 Å². The summed E-state index contributed by atoms with van der Waals surface area (Å²) in [5.74, 6) is 0. The van der Waals surface area contributed by atoms with Crippen LogP contribution >= 0.6 is 0 Å². The lowest BCUT2D eigenvalue weighted by molar-refractivity contribution is -0.384. The second-order valence-electron chi connectivity index (χ2n) is 3.47. The van der Waals surface area contributed by atoms with Crippen molar-refractivity contribution >= 4 is 5.69 Å². The van der Waals surface area contributed by atoms with E-state index in [1.807, 2.05) is 0 Å². The minimum Gasteiger partial charge on any atom is -0.330 e. The average Bonchev–Trinajstić information content (AvgIpc) is 2.78. The first kappa shape index (κ1) is 11.2. The van der Waals surface area contributed by atoms with E-state index in [1.165, 1.54) is 12.1 Å². The molecule has 88 valence electrons. The van der Waals surface area contributed by atoms with Crippen molar-refractivity contribution in [1.29, 1.82) is 0 Å². The Labute approximate surface area is 97.0 Å². The Hall–Kier alpha value is -2.28. The van der Waals surface area contributed by atoms with Crippen molar-refractivity contribution in [2.24, 2.45) is 5.73 Å². The van der Waals surface area contributed by atoms with Gasteiger partial charge in [-0.25, -0.2) is 4.68 Å². The molecule has 0 radical (unpaired) electrons. The van der Waals surface area contributed by atoms with E-state index in [4.69, 9.17) is 5.73 Å². The summed E-state index contributed by atoms with van der Waals surface area (Å²) >= 11 is 0. The molecule has 2 N–H and O–H groups in total. The quantitative estimate of drug-likeness (QED) is 0.618. The van der Waals surface area contributed by atoms with E-state index in [2.05, 4.69) is 10.3 Å². The summed E-state index contributed by atoms with van der Waals surface area (Å²) < 4.78 is 1.56. The number of aromatic nitrogens is 3. The summed E-state index contributed by atoms with van der Waals surface area (Å²) in [5, 5.41) is 18.4. The van der Waals surface area contributed by atoms with Gasteiger partial charge in [0.25, 0.3) is 5.69 Å². The monoisotopic (exact) mass is 233 g/mol. The Morgan fingerprint density at radius 3 is 2.65 bits per heavy atom. The summed E-state index contributed by atoms with van der Waals surface area (Å²) in [6, 6.07) is 6.11. The van der Waals surface area contributed by atoms with Crippen molar-refractivity contribution in [2.45, 2.75) is 6.42 Å². The van der Waals surface area contributed by atoms with E-state index in [0.29, 0.717) is 13.0 Å². The van der Waals surface area contributed by atoms with Crippen molar-refractivity contribution < 1.29 is 4.92 Å². The molecule has 0 amide bonds. The smallest absolute Gasteiger partial charge is 0.269 e. The Kier molecular flexibility index (Phi) is 3.10. The molecule has 0 aliphatic heterocycles. The van der Waals surface area contributed by atoms with Crippen molar-refractivity contribution in [2.75, 3.05) is 6.54 Å². The number of nitrogens with zero attached hydrogens (tertiary/aromatic N) is 4. The number of nitro groups is 1. The highest BCUT2D eigenvalue weighted by atomic mass is 16.6. The maximum Gasteiger partial charge on any atom is 0.269 e. The molecule has 1 aromatic carbocycles. The highest BCUT2D eigenvalue weighted by molar-refractivity contribution is 5.40. The molecule has 7 nitrogen and oxygen atoms in total. The first-order chi connectivity index (χ1) is 8.20. The van der Waals surface area contributed by atoms with Crippen LogP contribution in [0.3, 0.4) is 0 Å². The number of hydrogen-bond donors (Lipinski definition) is 1. The summed E-state index contributed by atoms with van der Waals surface area (Å²) in [6.07, 6.45) is 2.42. The SMILES string of the molecule is NCCc1cn(-c2ccc([N+](=O)[O-])cc2)nn1.